The molecule has 21 heavy (non-hydrogen) atoms. The Morgan fingerprint density at radius 3 is 2.62 bits per heavy atom. The number of hydrogen-bond acceptors (Lipinski definition) is 4. The minimum absolute atomic E-state index is 0.486. The summed E-state index contributed by atoms with van der Waals surface area (Å²) in [6, 6.07) is 4.24. The van der Waals surface area contributed by atoms with Crippen molar-refractivity contribution >= 4 is 17.6 Å². The second-order valence-corrected chi connectivity index (χ2v) is 6.56. The molecule has 1 aliphatic rings. The lowest BCUT2D eigenvalue weighted by Gasteiger charge is -2.20. The summed E-state index contributed by atoms with van der Waals surface area (Å²) in [7, 11) is 0. The summed E-state index contributed by atoms with van der Waals surface area (Å²) in [5.74, 6) is 1.30. The first-order chi connectivity index (χ1) is 9.87. The number of rotatable bonds is 5. The van der Waals surface area contributed by atoms with Gasteiger partial charge in [-0.3, -0.25) is 5.32 Å². The molecule has 1 aromatic rings. The Morgan fingerprint density at radius 1 is 1.43 bits per heavy atom. The topological polar surface area (TPSA) is 63.2 Å². The van der Waals surface area contributed by atoms with Crippen LogP contribution in [0.1, 0.15) is 47.0 Å². The van der Waals surface area contributed by atoms with Crippen LogP contribution in [0.2, 0.25) is 0 Å². The first kappa shape index (κ1) is 15.6. The van der Waals surface area contributed by atoms with Gasteiger partial charge >= 0.3 is 6.09 Å². The van der Waals surface area contributed by atoms with E-state index in [1.165, 1.54) is 12.8 Å². The largest absolute Gasteiger partial charge is 0.444 e. The highest BCUT2D eigenvalue weighted by Crippen LogP contribution is 2.35. The third kappa shape index (κ3) is 5.25. The van der Waals surface area contributed by atoms with Crippen LogP contribution in [0.3, 0.4) is 0 Å². The number of aromatic nitrogens is 1. The number of hydrogen-bond donors (Lipinski definition) is 2. The molecule has 1 unspecified atom stereocenters. The molecule has 1 amide bonds. The van der Waals surface area contributed by atoms with Gasteiger partial charge in [0.05, 0.1) is 11.9 Å². The first-order valence-corrected chi connectivity index (χ1v) is 7.60. The summed E-state index contributed by atoms with van der Waals surface area (Å²) in [6.45, 7) is 7.68. The average Bonchev–Trinajstić information content (AvgIpc) is 3.20. The number of nitrogens with one attached hydrogen (secondary N) is 2. The summed E-state index contributed by atoms with van der Waals surface area (Å²) in [5.41, 5.74) is 0.480. The van der Waals surface area contributed by atoms with Gasteiger partial charge in [-0.25, -0.2) is 9.78 Å². The van der Waals surface area contributed by atoms with E-state index in [-0.39, 0.29) is 0 Å². The van der Waals surface area contributed by atoms with E-state index in [0.717, 1.165) is 18.0 Å². The molecule has 1 fully saturated rings. The fraction of sp³-hybridized carbons (Fsp3) is 0.625. The SMILES string of the molecule is CCC(Nc1ccc(NC(=O)OC(C)(C)C)nc1)C1CC1. The zero-order chi connectivity index (χ0) is 15.5. The number of amides is 1. The van der Waals surface area contributed by atoms with Gasteiger partial charge in [0.2, 0.25) is 0 Å². The van der Waals surface area contributed by atoms with E-state index >= 15 is 0 Å². The molecular weight excluding hydrogens is 266 g/mol. The second kappa shape index (κ2) is 6.33. The van der Waals surface area contributed by atoms with Gasteiger partial charge in [0.1, 0.15) is 11.4 Å². The maximum absolute atomic E-state index is 11.6. The molecule has 0 bridgehead atoms. The summed E-state index contributed by atoms with van der Waals surface area (Å²) >= 11 is 0. The summed E-state index contributed by atoms with van der Waals surface area (Å²) in [6.07, 6.45) is 5.01. The Bertz CT molecular complexity index is 475. The molecule has 2 rings (SSSR count). The smallest absolute Gasteiger partial charge is 0.413 e. The summed E-state index contributed by atoms with van der Waals surface area (Å²) < 4.78 is 5.19. The highest BCUT2D eigenvalue weighted by atomic mass is 16.6. The van der Waals surface area contributed by atoms with Crippen molar-refractivity contribution < 1.29 is 9.53 Å². The molecule has 1 aliphatic carbocycles. The molecule has 5 nitrogen and oxygen atoms in total. The van der Waals surface area contributed by atoms with Gasteiger partial charge in [0, 0.05) is 6.04 Å². The molecule has 0 saturated heterocycles. The fourth-order valence-electron chi connectivity index (χ4n) is 2.23. The first-order valence-electron chi connectivity index (χ1n) is 7.60. The molecule has 5 heteroatoms. The highest BCUT2D eigenvalue weighted by molar-refractivity contribution is 5.83. The lowest BCUT2D eigenvalue weighted by atomic mass is 10.1. The van der Waals surface area contributed by atoms with E-state index in [1.807, 2.05) is 26.8 Å². The number of anilines is 2. The lowest BCUT2D eigenvalue weighted by Crippen LogP contribution is -2.27. The van der Waals surface area contributed by atoms with Crippen LogP contribution in [-0.4, -0.2) is 22.7 Å². The molecular formula is C16H25N3O2. The van der Waals surface area contributed by atoms with Gasteiger partial charge in [-0.1, -0.05) is 6.92 Å². The molecule has 116 valence electrons. The number of carbonyl (C=O) groups is 1. The van der Waals surface area contributed by atoms with Gasteiger partial charge in [-0.2, -0.15) is 0 Å². The van der Waals surface area contributed by atoms with E-state index in [1.54, 1.807) is 12.3 Å². The van der Waals surface area contributed by atoms with Crippen LogP contribution in [0.15, 0.2) is 18.3 Å². The van der Waals surface area contributed by atoms with E-state index < -0.39 is 11.7 Å². The van der Waals surface area contributed by atoms with Crippen LogP contribution in [0.4, 0.5) is 16.3 Å². The van der Waals surface area contributed by atoms with E-state index in [2.05, 4.69) is 22.5 Å². The fourth-order valence-corrected chi connectivity index (χ4v) is 2.23. The molecule has 1 heterocycles. The number of carbonyl (C=O) groups excluding carboxylic acids is 1. The predicted octanol–water partition coefficient (Wildman–Crippen LogP) is 4.03. The van der Waals surface area contributed by atoms with Gasteiger partial charge in [-0.15, -0.1) is 0 Å². The maximum Gasteiger partial charge on any atom is 0.413 e. The molecule has 2 N–H and O–H groups in total. The third-order valence-corrected chi connectivity index (χ3v) is 3.38. The van der Waals surface area contributed by atoms with Crippen molar-refractivity contribution in [3.05, 3.63) is 18.3 Å². The van der Waals surface area contributed by atoms with Gasteiger partial charge < -0.3 is 10.1 Å². The molecule has 0 spiro atoms. The minimum Gasteiger partial charge on any atom is -0.444 e. The second-order valence-electron chi connectivity index (χ2n) is 6.56. The Hall–Kier alpha value is -1.78. The van der Waals surface area contributed by atoms with Crippen LogP contribution < -0.4 is 10.6 Å². The minimum atomic E-state index is -0.510. The lowest BCUT2D eigenvalue weighted by molar-refractivity contribution is 0.0635. The van der Waals surface area contributed by atoms with Crippen LogP contribution in [0.25, 0.3) is 0 Å². The van der Waals surface area contributed by atoms with Crippen molar-refractivity contribution in [2.45, 2.75) is 58.6 Å². The standard InChI is InChI=1S/C16H25N3O2/c1-5-13(11-6-7-11)18-12-8-9-14(17-10-12)19-15(20)21-16(2,3)4/h8-11,13,18H,5-7H2,1-4H3,(H,17,19,20). The molecule has 1 aromatic heterocycles. The van der Waals surface area contributed by atoms with Crippen LogP contribution in [0.5, 0.6) is 0 Å². The summed E-state index contributed by atoms with van der Waals surface area (Å²) in [4.78, 5) is 15.9. The third-order valence-electron chi connectivity index (χ3n) is 3.38. The van der Waals surface area contributed by atoms with E-state index in [9.17, 15) is 4.79 Å². The number of nitrogens with zero attached hydrogens (tertiary/aromatic N) is 1. The quantitative estimate of drug-likeness (QED) is 0.859. The van der Waals surface area contributed by atoms with Gasteiger partial charge in [-0.05, 0) is 58.1 Å². The van der Waals surface area contributed by atoms with Crippen molar-refractivity contribution in [3.63, 3.8) is 0 Å². The van der Waals surface area contributed by atoms with Crippen molar-refractivity contribution in [1.29, 1.82) is 0 Å². The van der Waals surface area contributed by atoms with Crippen LogP contribution >= 0.6 is 0 Å². The number of ether oxygens (including phenoxy) is 1. The van der Waals surface area contributed by atoms with Crippen molar-refractivity contribution in [2.24, 2.45) is 5.92 Å². The Labute approximate surface area is 126 Å². The van der Waals surface area contributed by atoms with Crippen LogP contribution in [-0.2, 0) is 4.74 Å². The Balaban J connectivity index is 1.88. The van der Waals surface area contributed by atoms with Gasteiger partial charge in [0.15, 0.2) is 0 Å². The molecule has 1 saturated carbocycles. The molecule has 0 aromatic carbocycles. The van der Waals surface area contributed by atoms with Crippen molar-refractivity contribution in [2.75, 3.05) is 10.6 Å². The normalized spacial score (nSPS) is 16.2. The zero-order valence-corrected chi connectivity index (χ0v) is 13.3. The monoisotopic (exact) mass is 291 g/mol. The van der Waals surface area contributed by atoms with Crippen molar-refractivity contribution in [1.82, 2.24) is 4.98 Å². The van der Waals surface area contributed by atoms with Gasteiger partial charge in [0.25, 0.3) is 0 Å². The van der Waals surface area contributed by atoms with Crippen molar-refractivity contribution in [3.8, 4) is 0 Å². The molecule has 0 radical (unpaired) electrons. The average molecular weight is 291 g/mol. The zero-order valence-electron chi connectivity index (χ0n) is 13.3. The Morgan fingerprint density at radius 2 is 2.14 bits per heavy atom. The maximum atomic E-state index is 11.6. The molecule has 0 aliphatic heterocycles. The van der Waals surface area contributed by atoms with E-state index in [0.29, 0.717) is 11.9 Å². The number of pyridine rings is 1. The van der Waals surface area contributed by atoms with Crippen LogP contribution in [0, 0.1) is 5.92 Å². The highest BCUT2D eigenvalue weighted by Gasteiger charge is 2.29. The Kier molecular flexibility index (Phi) is 4.70. The predicted molar refractivity (Wildman–Crippen MR) is 84.5 cm³/mol. The van der Waals surface area contributed by atoms with E-state index in [4.69, 9.17) is 4.74 Å². The molecule has 1 atom stereocenters. The summed E-state index contributed by atoms with van der Waals surface area (Å²) in [5, 5.41) is 6.13.